The van der Waals surface area contributed by atoms with E-state index in [1.54, 1.807) is 28.5 Å². The summed E-state index contributed by atoms with van der Waals surface area (Å²) in [6, 6.07) is 6.29. The van der Waals surface area contributed by atoms with Gasteiger partial charge in [-0.3, -0.25) is 39.4 Å². The maximum atomic E-state index is 15.4. The van der Waals surface area contributed by atoms with Gasteiger partial charge in [0.2, 0.25) is 23.7 Å². The third-order valence-corrected chi connectivity index (χ3v) is 13.2. The standard InChI is InChI=1S/C47H58FN13O7S2/c1-9-30-39(70-27(4)51-30)43(65)55-45-53-32-23-29(41(50)63)25-34(69-8)37(32)60(45)16-12-11-15-59-36-31(52-44(59)54-42(64)38-35(48)26(3)56-61(38)10-2)22-28(40(49)62)24-33(36)67-21-13-14-57-17-19-58(20-18-57)46(66)68-47(5,6)7/h11-12,22-25H,9-10,13-21H2,1-8H3,(H2,49,62)(H2,50,63)(H,52,54,64)(H,53,55,65)/b12-11+. The van der Waals surface area contributed by atoms with Crippen molar-refractivity contribution in [3.63, 3.8) is 0 Å². The summed E-state index contributed by atoms with van der Waals surface area (Å²) in [5, 5.41) is 10.7. The highest BCUT2D eigenvalue weighted by atomic mass is 32.2. The molecule has 1 saturated heterocycles. The first-order chi connectivity index (χ1) is 33.3. The average Bonchev–Trinajstić information content (AvgIpc) is 4.06. The summed E-state index contributed by atoms with van der Waals surface area (Å²) in [5.41, 5.74) is 13.5. The van der Waals surface area contributed by atoms with Crippen molar-refractivity contribution in [3.8, 4) is 5.75 Å². The van der Waals surface area contributed by atoms with Crippen molar-refractivity contribution in [1.82, 2.24) is 43.7 Å². The van der Waals surface area contributed by atoms with E-state index in [4.69, 9.17) is 30.9 Å². The number of amides is 5. The molecule has 5 heterocycles. The lowest BCUT2D eigenvalue weighted by Gasteiger charge is -2.35. The Morgan fingerprint density at radius 2 is 1.46 bits per heavy atom. The van der Waals surface area contributed by atoms with Crippen LogP contribution in [0, 0.1) is 19.7 Å². The summed E-state index contributed by atoms with van der Waals surface area (Å²) in [6.45, 7) is 16.2. The maximum absolute atomic E-state index is 15.4. The number of ether oxygens (including phenoxy) is 2. The molecule has 5 amide bonds. The van der Waals surface area contributed by atoms with Crippen LogP contribution >= 0.6 is 23.1 Å². The van der Waals surface area contributed by atoms with Crippen molar-refractivity contribution in [2.45, 2.75) is 91.4 Å². The van der Waals surface area contributed by atoms with Crippen molar-refractivity contribution >= 4 is 86.8 Å². The zero-order valence-electron chi connectivity index (χ0n) is 40.5. The van der Waals surface area contributed by atoms with Gasteiger partial charge in [0.05, 0.1) is 39.6 Å². The van der Waals surface area contributed by atoms with Crippen LogP contribution in [0.4, 0.5) is 21.1 Å². The number of hydrogen-bond donors (Lipinski definition) is 4. The zero-order chi connectivity index (χ0) is 50.6. The number of rotatable bonds is 18. The number of nitrogens with two attached hydrogens (primary N) is 2. The minimum Gasteiger partial charge on any atom is -0.491 e. The monoisotopic (exact) mass is 999 g/mol. The average molecular weight is 1000 g/mol. The number of imidazole rings is 2. The Morgan fingerprint density at radius 3 is 2.04 bits per heavy atom. The van der Waals surface area contributed by atoms with Crippen LogP contribution in [0.2, 0.25) is 0 Å². The molecule has 0 spiro atoms. The predicted molar refractivity (Wildman–Crippen MR) is 267 cm³/mol. The smallest absolute Gasteiger partial charge is 0.410 e. The molecular weight excluding hydrogens is 942 g/mol. The van der Waals surface area contributed by atoms with E-state index in [0.717, 1.165) is 5.01 Å². The van der Waals surface area contributed by atoms with Gasteiger partial charge in [-0.15, -0.1) is 23.1 Å². The Labute approximate surface area is 411 Å². The van der Waals surface area contributed by atoms with Gasteiger partial charge >= 0.3 is 6.09 Å². The van der Waals surface area contributed by atoms with E-state index in [2.05, 4.69) is 25.6 Å². The molecule has 1 aliphatic rings. The summed E-state index contributed by atoms with van der Waals surface area (Å²) in [6.07, 6.45) is 6.32. The van der Waals surface area contributed by atoms with Gasteiger partial charge in [0.1, 0.15) is 21.7 Å². The van der Waals surface area contributed by atoms with E-state index < -0.39 is 29.1 Å². The van der Waals surface area contributed by atoms with Crippen molar-refractivity contribution < 1.29 is 37.8 Å². The Morgan fingerprint density at radius 1 is 0.857 bits per heavy atom. The highest BCUT2D eigenvalue weighted by Crippen LogP contribution is 2.34. The molecule has 0 atom stereocenters. The molecule has 0 unspecified atom stereocenters. The first-order valence-corrected chi connectivity index (χ1v) is 24.9. The van der Waals surface area contributed by atoms with E-state index in [0.29, 0.717) is 77.6 Å². The van der Waals surface area contributed by atoms with Gasteiger partial charge < -0.3 is 35.0 Å². The number of aryl methyl sites for hydroxylation is 4. The minimum absolute atomic E-state index is 0.0242. The highest BCUT2D eigenvalue weighted by molar-refractivity contribution is 7.98. The fourth-order valence-corrected chi connectivity index (χ4v) is 9.63. The molecule has 0 radical (unpaired) electrons. The van der Waals surface area contributed by atoms with Crippen LogP contribution in [0.3, 0.4) is 0 Å². The Bertz CT molecular complexity index is 3010. The number of aromatic nitrogens is 7. The van der Waals surface area contributed by atoms with Crippen LogP contribution in [0.15, 0.2) is 41.3 Å². The van der Waals surface area contributed by atoms with Crippen LogP contribution < -0.4 is 26.8 Å². The molecule has 70 heavy (non-hydrogen) atoms. The quantitative estimate of drug-likeness (QED) is 0.0415. The van der Waals surface area contributed by atoms with E-state index in [1.807, 2.05) is 57.6 Å². The SMILES string of the molecule is CCc1nc(C)sc1C(=O)Nc1nc2cc(C(N)=O)cc(SC)c2n1C/C=C/Cn1c(NC(=O)c2c(F)c(C)nn2CC)nc2cc(C(N)=O)cc(OCCCN3CCN(C(=O)OC(C)(C)C)CC3)c21. The van der Waals surface area contributed by atoms with E-state index in [-0.39, 0.29) is 83.9 Å². The topological polar surface area (TPSA) is 253 Å². The molecule has 20 nitrogen and oxygen atoms in total. The second-order valence-electron chi connectivity index (χ2n) is 17.5. The second kappa shape index (κ2) is 21.4. The summed E-state index contributed by atoms with van der Waals surface area (Å²) < 4.78 is 32.1. The lowest BCUT2D eigenvalue weighted by Crippen LogP contribution is -2.50. The van der Waals surface area contributed by atoms with Crippen molar-refractivity contribution in [2.24, 2.45) is 11.5 Å². The van der Waals surface area contributed by atoms with Crippen molar-refractivity contribution in [3.05, 3.63) is 80.3 Å². The first kappa shape index (κ1) is 51.0. The number of fused-ring (bicyclic) bond motifs is 2. The molecule has 0 bridgehead atoms. The number of anilines is 2. The summed E-state index contributed by atoms with van der Waals surface area (Å²) in [4.78, 5) is 84.4. The van der Waals surface area contributed by atoms with Crippen LogP contribution in [0.1, 0.15) is 98.3 Å². The third-order valence-electron chi connectivity index (χ3n) is 11.4. The molecule has 2 aromatic carbocycles. The maximum Gasteiger partial charge on any atom is 0.410 e. The van der Waals surface area contributed by atoms with Gasteiger partial charge in [-0.2, -0.15) is 5.10 Å². The van der Waals surface area contributed by atoms with E-state index >= 15 is 4.39 Å². The molecule has 4 aromatic heterocycles. The number of halogens is 1. The number of benzene rings is 2. The van der Waals surface area contributed by atoms with Crippen LogP contribution in [-0.2, 0) is 30.8 Å². The molecule has 372 valence electrons. The molecule has 6 aromatic rings. The van der Waals surface area contributed by atoms with E-state index in [9.17, 15) is 24.0 Å². The molecule has 1 aliphatic heterocycles. The number of nitrogens with zero attached hydrogens (tertiary/aromatic N) is 9. The number of nitrogens with one attached hydrogen (secondary N) is 2. The lowest BCUT2D eigenvalue weighted by atomic mass is 10.1. The van der Waals surface area contributed by atoms with Crippen LogP contribution in [0.5, 0.6) is 5.75 Å². The number of carbonyl (C=O) groups is 5. The van der Waals surface area contributed by atoms with Gasteiger partial charge in [0, 0.05) is 68.4 Å². The van der Waals surface area contributed by atoms with Crippen LogP contribution in [0.25, 0.3) is 22.1 Å². The number of primary amides is 2. The van der Waals surface area contributed by atoms with Gasteiger partial charge in [-0.05, 0) is 84.9 Å². The van der Waals surface area contributed by atoms with Gasteiger partial charge in [0.25, 0.3) is 11.8 Å². The molecule has 0 aliphatic carbocycles. The minimum atomic E-state index is -0.794. The Balaban J connectivity index is 1.20. The number of thioether (sulfide) groups is 1. The summed E-state index contributed by atoms with van der Waals surface area (Å²) >= 11 is 2.67. The molecule has 6 N–H and O–H groups in total. The fraction of sp³-hybridized carbons (Fsp3) is 0.426. The summed E-state index contributed by atoms with van der Waals surface area (Å²) in [5.74, 6) is -2.78. The largest absolute Gasteiger partial charge is 0.491 e. The Kier molecular flexibility index (Phi) is 15.6. The third kappa shape index (κ3) is 11.3. The van der Waals surface area contributed by atoms with Crippen molar-refractivity contribution in [1.29, 1.82) is 0 Å². The van der Waals surface area contributed by atoms with Gasteiger partial charge in [0.15, 0.2) is 11.5 Å². The number of carbonyl (C=O) groups excluding carboxylic acids is 5. The molecule has 1 fully saturated rings. The predicted octanol–water partition coefficient (Wildman–Crippen LogP) is 6.38. The molecule has 7 rings (SSSR count). The zero-order valence-corrected chi connectivity index (χ0v) is 42.1. The second-order valence-corrected chi connectivity index (χ2v) is 19.6. The van der Waals surface area contributed by atoms with Gasteiger partial charge in [-0.1, -0.05) is 19.1 Å². The number of thiazole rings is 1. The van der Waals surface area contributed by atoms with Gasteiger partial charge in [-0.25, -0.2) is 24.1 Å². The fourth-order valence-electron chi connectivity index (χ4n) is 8.08. The molecule has 0 saturated carbocycles. The molecular formula is C47H58FN13O7S2. The number of allylic oxidation sites excluding steroid dienone is 2. The Hall–Kier alpha value is -6.85. The highest BCUT2D eigenvalue weighted by Gasteiger charge is 2.28. The molecule has 23 heteroatoms. The lowest BCUT2D eigenvalue weighted by molar-refractivity contribution is 0.0141. The van der Waals surface area contributed by atoms with Crippen LogP contribution in [-0.4, -0.2) is 125 Å². The first-order valence-electron chi connectivity index (χ1n) is 22.8. The number of piperazine rings is 1. The summed E-state index contributed by atoms with van der Waals surface area (Å²) in [7, 11) is 0. The van der Waals surface area contributed by atoms with E-state index in [1.165, 1.54) is 46.8 Å². The number of hydrogen-bond acceptors (Lipinski definition) is 14. The normalized spacial score (nSPS) is 13.4. The van der Waals surface area contributed by atoms with Crippen molar-refractivity contribution in [2.75, 3.05) is 56.2 Å².